The van der Waals surface area contributed by atoms with Gasteiger partial charge >= 0.3 is 0 Å². The van der Waals surface area contributed by atoms with Crippen molar-refractivity contribution in [3.8, 4) is 0 Å². The Hall–Kier alpha value is -1.19. The predicted octanol–water partition coefficient (Wildman–Crippen LogP) is 3.24. The minimum Gasteiger partial charge on any atom is -0.308 e. The van der Waals surface area contributed by atoms with Crippen LogP contribution in [0.15, 0.2) is 24.3 Å². The topological polar surface area (TPSA) is 24.9 Å². The van der Waals surface area contributed by atoms with Gasteiger partial charge in [0.25, 0.3) is 0 Å². The standard InChI is InChI=1S/C17H20N2S/c1-18-17(16-19-14-7-4-8-15(14)20-16)10-9-12-5-2-3-6-13(12)11-17/h2-3,5-6,18H,4,7-11H2,1H3. The largest absolute Gasteiger partial charge is 0.308 e. The Bertz CT molecular complexity index is 625. The average Bonchev–Trinajstić information content (AvgIpc) is 3.08. The van der Waals surface area contributed by atoms with E-state index in [0.717, 1.165) is 19.3 Å². The molecule has 1 N–H and O–H groups in total. The Morgan fingerprint density at radius 3 is 2.80 bits per heavy atom. The molecule has 1 heterocycles. The van der Waals surface area contributed by atoms with Crippen LogP contribution in [0.3, 0.4) is 0 Å². The lowest BCUT2D eigenvalue weighted by atomic mass is 9.78. The summed E-state index contributed by atoms with van der Waals surface area (Å²) in [6, 6.07) is 8.87. The first-order chi connectivity index (χ1) is 9.81. The fourth-order valence-corrected chi connectivity index (χ4v) is 5.01. The van der Waals surface area contributed by atoms with E-state index in [0.29, 0.717) is 0 Å². The highest BCUT2D eigenvalue weighted by molar-refractivity contribution is 7.12. The fourth-order valence-electron chi connectivity index (χ4n) is 3.63. The van der Waals surface area contributed by atoms with Crippen molar-refractivity contribution in [3.63, 3.8) is 0 Å². The van der Waals surface area contributed by atoms with Crippen LogP contribution < -0.4 is 5.32 Å². The highest BCUT2D eigenvalue weighted by Crippen LogP contribution is 2.40. The smallest absolute Gasteiger partial charge is 0.114 e. The zero-order valence-electron chi connectivity index (χ0n) is 11.9. The number of benzene rings is 1. The van der Waals surface area contributed by atoms with Crippen molar-refractivity contribution in [1.82, 2.24) is 10.3 Å². The summed E-state index contributed by atoms with van der Waals surface area (Å²) in [5.74, 6) is 0. The third-order valence-corrected chi connectivity index (χ3v) is 6.28. The Kier molecular flexibility index (Phi) is 2.93. The minimum absolute atomic E-state index is 0.0589. The number of aryl methyl sites for hydroxylation is 3. The first-order valence-electron chi connectivity index (χ1n) is 7.55. The molecule has 1 atom stereocenters. The zero-order valence-corrected chi connectivity index (χ0v) is 12.7. The van der Waals surface area contributed by atoms with Gasteiger partial charge in [-0.15, -0.1) is 11.3 Å². The van der Waals surface area contributed by atoms with E-state index in [4.69, 9.17) is 4.98 Å². The van der Waals surface area contributed by atoms with Gasteiger partial charge in [0.05, 0.1) is 11.2 Å². The van der Waals surface area contributed by atoms with Gasteiger partial charge in [-0.05, 0) is 56.7 Å². The molecule has 0 saturated heterocycles. The number of hydrogen-bond acceptors (Lipinski definition) is 3. The van der Waals surface area contributed by atoms with Gasteiger partial charge in [0.2, 0.25) is 0 Å². The summed E-state index contributed by atoms with van der Waals surface area (Å²) < 4.78 is 0. The highest BCUT2D eigenvalue weighted by atomic mass is 32.1. The number of likely N-dealkylation sites (N-methyl/N-ethyl adjacent to an activating group) is 1. The summed E-state index contributed by atoms with van der Waals surface area (Å²) in [6.07, 6.45) is 7.11. The van der Waals surface area contributed by atoms with Gasteiger partial charge in [0, 0.05) is 4.88 Å². The van der Waals surface area contributed by atoms with E-state index in [9.17, 15) is 0 Å². The van der Waals surface area contributed by atoms with Crippen LogP contribution in [0.2, 0.25) is 0 Å². The van der Waals surface area contributed by atoms with E-state index in [1.54, 1.807) is 0 Å². The maximum atomic E-state index is 4.99. The lowest BCUT2D eigenvalue weighted by molar-refractivity contribution is 0.313. The van der Waals surface area contributed by atoms with E-state index >= 15 is 0 Å². The van der Waals surface area contributed by atoms with Crippen molar-refractivity contribution in [2.75, 3.05) is 7.05 Å². The molecule has 0 radical (unpaired) electrons. The second-order valence-corrected chi connectivity index (χ2v) is 7.10. The van der Waals surface area contributed by atoms with Gasteiger partial charge in [-0.2, -0.15) is 0 Å². The Balaban J connectivity index is 1.74. The second kappa shape index (κ2) is 4.68. The molecule has 0 spiro atoms. The van der Waals surface area contributed by atoms with Gasteiger partial charge in [-0.1, -0.05) is 24.3 Å². The molecular weight excluding hydrogens is 264 g/mol. The highest BCUT2D eigenvalue weighted by Gasteiger charge is 2.38. The van der Waals surface area contributed by atoms with Crippen molar-refractivity contribution >= 4 is 11.3 Å². The second-order valence-electron chi connectivity index (χ2n) is 6.02. The molecule has 2 aliphatic carbocycles. The van der Waals surface area contributed by atoms with E-state index in [2.05, 4.69) is 36.6 Å². The van der Waals surface area contributed by atoms with E-state index in [-0.39, 0.29) is 5.54 Å². The molecule has 1 aromatic heterocycles. The minimum atomic E-state index is 0.0589. The number of fused-ring (bicyclic) bond motifs is 2. The first-order valence-corrected chi connectivity index (χ1v) is 8.37. The summed E-state index contributed by atoms with van der Waals surface area (Å²) in [7, 11) is 2.10. The van der Waals surface area contributed by atoms with Crippen molar-refractivity contribution in [1.29, 1.82) is 0 Å². The van der Waals surface area contributed by atoms with Crippen molar-refractivity contribution in [2.24, 2.45) is 0 Å². The molecular formula is C17H20N2S. The summed E-state index contributed by atoms with van der Waals surface area (Å²) in [5.41, 5.74) is 4.44. The van der Waals surface area contributed by atoms with E-state index in [1.165, 1.54) is 46.0 Å². The summed E-state index contributed by atoms with van der Waals surface area (Å²) >= 11 is 1.95. The maximum Gasteiger partial charge on any atom is 0.114 e. The lowest BCUT2D eigenvalue weighted by Gasteiger charge is -2.36. The molecule has 0 saturated carbocycles. The van der Waals surface area contributed by atoms with Gasteiger partial charge in [-0.25, -0.2) is 4.98 Å². The number of nitrogens with zero attached hydrogens (tertiary/aromatic N) is 1. The zero-order chi connectivity index (χ0) is 13.6. The van der Waals surface area contributed by atoms with Crippen LogP contribution in [-0.2, 0) is 31.2 Å². The summed E-state index contributed by atoms with van der Waals surface area (Å²) in [4.78, 5) is 6.52. The Morgan fingerprint density at radius 1 is 1.15 bits per heavy atom. The van der Waals surface area contributed by atoms with Crippen molar-refractivity contribution < 1.29 is 0 Å². The van der Waals surface area contributed by atoms with Crippen molar-refractivity contribution in [3.05, 3.63) is 51.0 Å². The molecule has 0 bridgehead atoms. The van der Waals surface area contributed by atoms with Crippen LogP contribution in [-0.4, -0.2) is 12.0 Å². The molecule has 2 aromatic rings. The summed E-state index contributed by atoms with van der Waals surface area (Å²) in [6.45, 7) is 0. The average molecular weight is 284 g/mol. The van der Waals surface area contributed by atoms with Crippen molar-refractivity contribution in [2.45, 2.75) is 44.1 Å². The monoisotopic (exact) mass is 284 g/mol. The molecule has 1 unspecified atom stereocenters. The van der Waals surface area contributed by atoms with Crippen LogP contribution in [0.4, 0.5) is 0 Å². The van der Waals surface area contributed by atoms with E-state index < -0.39 is 0 Å². The third-order valence-electron chi connectivity index (χ3n) is 4.92. The van der Waals surface area contributed by atoms with Crippen LogP contribution in [0.25, 0.3) is 0 Å². The quantitative estimate of drug-likeness (QED) is 0.916. The van der Waals surface area contributed by atoms with E-state index in [1.807, 2.05) is 11.3 Å². The molecule has 0 aliphatic heterocycles. The van der Waals surface area contributed by atoms with Gasteiger partial charge in [-0.3, -0.25) is 0 Å². The lowest BCUT2D eigenvalue weighted by Crippen LogP contribution is -2.44. The fraction of sp³-hybridized carbons (Fsp3) is 0.471. The predicted molar refractivity (Wildman–Crippen MR) is 83.3 cm³/mol. The van der Waals surface area contributed by atoms with Gasteiger partial charge in [0.15, 0.2) is 0 Å². The molecule has 4 rings (SSSR count). The molecule has 104 valence electrons. The number of rotatable bonds is 2. The normalized spacial score (nSPS) is 24.4. The van der Waals surface area contributed by atoms with Crippen LogP contribution in [0, 0.1) is 0 Å². The third kappa shape index (κ3) is 1.84. The van der Waals surface area contributed by atoms with Crippen LogP contribution in [0.1, 0.15) is 39.5 Å². The Morgan fingerprint density at radius 2 is 2.00 bits per heavy atom. The summed E-state index contributed by atoms with van der Waals surface area (Å²) in [5, 5.41) is 4.93. The first kappa shape index (κ1) is 12.5. The maximum absolute atomic E-state index is 4.99. The number of nitrogens with one attached hydrogen (secondary N) is 1. The molecule has 1 aromatic carbocycles. The molecule has 2 aliphatic rings. The van der Waals surface area contributed by atoms with Crippen LogP contribution in [0.5, 0.6) is 0 Å². The number of thiazole rings is 1. The number of hydrogen-bond donors (Lipinski definition) is 1. The van der Waals surface area contributed by atoms with Crippen LogP contribution >= 0.6 is 11.3 Å². The molecule has 0 amide bonds. The SMILES string of the molecule is CNC1(c2nc3c(s2)CCC3)CCc2ccccc2C1. The molecule has 2 nitrogen and oxygen atoms in total. The van der Waals surface area contributed by atoms with Gasteiger partial charge in [0.1, 0.15) is 5.01 Å². The Labute approximate surface area is 124 Å². The molecule has 20 heavy (non-hydrogen) atoms. The molecule has 0 fully saturated rings. The molecule has 3 heteroatoms. The van der Waals surface area contributed by atoms with Gasteiger partial charge < -0.3 is 5.32 Å². The number of aromatic nitrogens is 1.